The van der Waals surface area contributed by atoms with Crippen LogP contribution in [0.5, 0.6) is 0 Å². The molecule has 2 aliphatic rings. The van der Waals surface area contributed by atoms with Crippen LogP contribution in [0.1, 0.15) is 22.5 Å². The van der Waals surface area contributed by atoms with Crippen LogP contribution < -0.4 is 4.90 Å². The number of piperidine rings is 1. The molecule has 2 aliphatic heterocycles. The number of carbonyl (C=O) groups is 2. The van der Waals surface area contributed by atoms with Gasteiger partial charge < -0.3 is 24.9 Å². The van der Waals surface area contributed by atoms with Crippen molar-refractivity contribution in [3.63, 3.8) is 0 Å². The molecule has 142 valence electrons. The maximum atomic E-state index is 12.8. The summed E-state index contributed by atoms with van der Waals surface area (Å²) in [6.45, 7) is 5.65. The van der Waals surface area contributed by atoms with Crippen LogP contribution in [0.15, 0.2) is 6.20 Å². The van der Waals surface area contributed by atoms with Crippen molar-refractivity contribution in [1.29, 1.82) is 0 Å². The second kappa shape index (κ2) is 7.55. The van der Waals surface area contributed by atoms with Crippen molar-refractivity contribution in [2.45, 2.75) is 19.4 Å². The molecule has 2 N–H and O–H groups in total. The first-order valence-corrected chi connectivity index (χ1v) is 8.84. The van der Waals surface area contributed by atoms with Gasteiger partial charge in [-0.1, -0.05) is 0 Å². The van der Waals surface area contributed by atoms with Gasteiger partial charge in [-0.3, -0.25) is 9.59 Å². The van der Waals surface area contributed by atoms with Crippen molar-refractivity contribution in [2.24, 2.45) is 5.92 Å². The fraction of sp³-hybridized carbons (Fsp3) is 0.647. The number of likely N-dealkylation sites (N-methyl/N-ethyl adjacent to an activating group) is 1. The number of aryl methyl sites for hydroxylation is 1. The van der Waals surface area contributed by atoms with E-state index in [1.54, 1.807) is 6.92 Å². The van der Waals surface area contributed by atoms with E-state index in [0.29, 0.717) is 23.8 Å². The standard InChI is InChI=1S/C17H25N5O4/c1-11-12(9-18-17(19-11)21-7-5-20(2)6-8-21)15(24)22-4-3-14(23)13(10-22)16(25)26/h9,13-14,23H,3-8,10H2,1-2H3,(H,25,26)/t13-,14-/m1/s1. The van der Waals surface area contributed by atoms with E-state index >= 15 is 0 Å². The molecular formula is C17H25N5O4. The Morgan fingerprint density at radius 2 is 1.88 bits per heavy atom. The number of rotatable bonds is 3. The highest BCUT2D eigenvalue weighted by molar-refractivity contribution is 5.95. The van der Waals surface area contributed by atoms with E-state index < -0.39 is 18.0 Å². The summed E-state index contributed by atoms with van der Waals surface area (Å²) in [7, 11) is 2.07. The van der Waals surface area contributed by atoms with Crippen LogP contribution in [0.4, 0.5) is 5.95 Å². The largest absolute Gasteiger partial charge is 0.481 e. The van der Waals surface area contributed by atoms with Crippen LogP contribution >= 0.6 is 0 Å². The lowest BCUT2D eigenvalue weighted by Crippen LogP contribution is -2.49. The molecule has 3 heterocycles. The topological polar surface area (TPSA) is 110 Å². The normalized spacial score (nSPS) is 24.6. The number of aliphatic hydroxyl groups is 1. The second-order valence-corrected chi connectivity index (χ2v) is 7.01. The summed E-state index contributed by atoms with van der Waals surface area (Å²) in [6, 6.07) is 0. The summed E-state index contributed by atoms with van der Waals surface area (Å²) in [5.74, 6) is -1.72. The highest BCUT2D eigenvalue weighted by Crippen LogP contribution is 2.21. The second-order valence-electron chi connectivity index (χ2n) is 7.01. The van der Waals surface area contributed by atoms with E-state index in [-0.39, 0.29) is 18.9 Å². The first-order chi connectivity index (χ1) is 12.4. The summed E-state index contributed by atoms with van der Waals surface area (Å²) < 4.78 is 0. The third-order valence-corrected chi connectivity index (χ3v) is 5.16. The lowest BCUT2D eigenvalue weighted by molar-refractivity contribution is -0.148. The number of amides is 1. The molecule has 0 aliphatic carbocycles. The number of piperazine rings is 1. The molecule has 0 radical (unpaired) electrons. The summed E-state index contributed by atoms with van der Waals surface area (Å²) in [5.41, 5.74) is 0.959. The van der Waals surface area contributed by atoms with Crippen LogP contribution in [0, 0.1) is 12.8 Å². The highest BCUT2D eigenvalue weighted by atomic mass is 16.4. The van der Waals surface area contributed by atoms with Gasteiger partial charge in [0.15, 0.2) is 0 Å². The molecule has 9 nitrogen and oxygen atoms in total. The zero-order valence-corrected chi connectivity index (χ0v) is 15.1. The SMILES string of the molecule is Cc1nc(N2CCN(C)CC2)ncc1C(=O)N1CC[C@@H](O)[C@H](C(=O)O)C1. The van der Waals surface area contributed by atoms with E-state index in [1.165, 1.54) is 11.1 Å². The van der Waals surface area contributed by atoms with Gasteiger partial charge in [0.25, 0.3) is 5.91 Å². The van der Waals surface area contributed by atoms with Crippen LogP contribution in [-0.4, -0.2) is 94.3 Å². The Morgan fingerprint density at radius 3 is 2.50 bits per heavy atom. The molecule has 9 heteroatoms. The first-order valence-electron chi connectivity index (χ1n) is 8.84. The van der Waals surface area contributed by atoms with Crippen molar-refractivity contribution >= 4 is 17.8 Å². The number of aromatic nitrogens is 2. The van der Waals surface area contributed by atoms with E-state index in [4.69, 9.17) is 0 Å². The summed E-state index contributed by atoms with van der Waals surface area (Å²) in [5, 5.41) is 19.0. The van der Waals surface area contributed by atoms with Crippen molar-refractivity contribution in [2.75, 3.05) is 51.2 Å². The molecule has 0 unspecified atom stereocenters. The minimum absolute atomic E-state index is 0.00498. The molecule has 0 aromatic carbocycles. The Balaban J connectivity index is 1.73. The van der Waals surface area contributed by atoms with Gasteiger partial charge in [0.2, 0.25) is 5.95 Å². The fourth-order valence-electron chi connectivity index (χ4n) is 3.36. The Hall–Kier alpha value is -2.26. The van der Waals surface area contributed by atoms with Gasteiger partial charge in [-0.2, -0.15) is 0 Å². The number of hydrogen-bond acceptors (Lipinski definition) is 7. The van der Waals surface area contributed by atoms with Gasteiger partial charge in [-0.05, 0) is 20.4 Å². The number of anilines is 1. The highest BCUT2D eigenvalue weighted by Gasteiger charge is 2.35. The molecule has 1 aromatic rings. The number of hydrogen-bond donors (Lipinski definition) is 2. The molecule has 1 aromatic heterocycles. The van der Waals surface area contributed by atoms with Crippen LogP contribution in [-0.2, 0) is 4.79 Å². The predicted molar refractivity (Wildman–Crippen MR) is 94.1 cm³/mol. The number of nitrogens with zero attached hydrogens (tertiary/aromatic N) is 5. The van der Waals surface area contributed by atoms with E-state index in [9.17, 15) is 19.8 Å². The molecule has 0 spiro atoms. The third kappa shape index (κ3) is 3.78. The van der Waals surface area contributed by atoms with Crippen molar-refractivity contribution < 1.29 is 19.8 Å². The van der Waals surface area contributed by atoms with Crippen molar-refractivity contribution in [3.05, 3.63) is 17.5 Å². The Kier molecular flexibility index (Phi) is 5.38. The lowest BCUT2D eigenvalue weighted by atomic mass is 9.94. The van der Waals surface area contributed by atoms with E-state index in [0.717, 1.165) is 26.2 Å². The van der Waals surface area contributed by atoms with Gasteiger partial charge in [-0.25, -0.2) is 9.97 Å². The van der Waals surface area contributed by atoms with Crippen molar-refractivity contribution in [3.8, 4) is 0 Å². The summed E-state index contributed by atoms with van der Waals surface area (Å²) >= 11 is 0. The van der Waals surface area contributed by atoms with Gasteiger partial charge in [0.1, 0.15) is 5.92 Å². The molecule has 0 bridgehead atoms. The molecule has 26 heavy (non-hydrogen) atoms. The first kappa shape index (κ1) is 18.5. The average Bonchev–Trinajstić information content (AvgIpc) is 2.62. The summed E-state index contributed by atoms with van der Waals surface area (Å²) in [4.78, 5) is 38.7. The molecule has 0 saturated carbocycles. The van der Waals surface area contributed by atoms with Crippen LogP contribution in [0.25, 0.3) is 0 Å². The number of likely N-dealkylation sites (tertiary alicyclic amines) is 1. The molecular weight excluding hydrogens is 338 g/mol. The van der Waals surface area contributed by atoms with Crippen LogP contribution in [0.2, 0.25) is 0 Å². The molecule has 2 atom stereocenters. The number of carboxylic acids is 1. The van der Waals surface area contributed by atoms with Gasteiger partial charge in [0, 0.05) is 45.5 Å². The fourth-order valence-corrected chi connectivity index (χ4v) is 3.36. The van der Waals surface area contributed by atoms with E-state index in [1.807, 2.05) is 0 Å². The number of aliphatic carboxylic acids is 1. The Morgan fingerprint density at radius 1 is 1.19 bits per heavy atom. The zero-order valence-electron chi connectivity index (χ0n) is 15.1. The molecule has 2 saturated heterocycles. The Bertz CT molecular complexity index is 690. The molecule has 2 fully saturated rings. The monoisotopic (exact) mass is 363 g/mol. The van der Waals surface area contributed by atoms with Gasteiger partial charge in [0.05, 0.1) is 17.4 Å². The minimum Gasteiger partial charge on any atom is -0.481 e. The summed E-state index contributed by atoms with van der Waals surface area (Å²) in [6.07, 6.45) is 0.856. The van der Waals surface area contributed by atoms with Gasteiger partial charge in [-0.15, -0.1) is 0 Å². The van der Waals surface area contributed by atoms with E-state index in [2.05, 4.69) is 26.8 Å². The lowest BCUT2D eigenvalue weighted by Gasteiger charge is -2.34. The maximum absolute atomic E-state index is 12.8. The van der Waals surface area contributed by atoms with Crippen LogP contribution in [0.3, 0.4) is 0 Å². The zero-order chi connectivity index (χ0) is 18.8. The molecule has 3 rings (SSSR count). The minimum atomic E-state index is -1.09. The maximum Gasteiger partial charge on any atom is 0.310 e. The number of aliphatic hydroxyl groups excluding tert-OH is 1. The van der Waals surface area contributed by atoms with Gasteiger partial charge >= 0.3 is 5.97 Å². The van der Waals surface area contributed by atoms with Crippen molar-refractivity contribution in [1.82, 2.24) is 19.8 Å². The Labute approximate surface area is 152 Å². The average molecular weight is 363 g/mol. The number of carbonyl (C=O) groups excluding carboxylic acids is 1. The number of carboxylic acid groups (broad SMARTS) is 1. The predicted octanol–water partition coefficient (Wildman–Crippen LogP) is -0.556. The smallest absolute Gasteiger partial charge is 0.310 e. The third-order valence-electron chi connectivity index (χ3n) is 5.16. The molecule has 1 amide bonds. The quantitative estimate of drug-likeness (QED) is 0.736.